The Morgan fingerprint density at radius 1 is 0.870 bits per heavy atom. The summed E-state index contributed by atoms with van der Waals surface area (Å²) in [6, 6.07) is 16.0. The van der Waals surface area contributed by atoms with E-state index >= 15 is 0 Å². The number of aryl methyl sites for hydroxylation is 2. The fraction of sp³-hybridized carbons (Fsp3) is 0.111. The average Bonchev–Trinajstić information content (AvgIpc) is 2.51. The Balaban J connectivity index is 1.85. The van der Waals surface area contributed by atoms with Gasteiger partial charge in [-0.25, -0.2) is 4.98 Å². The molecule has 3 aromatic rings. The second kappa shape index (κ2) is 6.67. The molecule has 116 valence electrons. The van der Waals surface area contributed by atoms with E-state index in [1.807, 2.05) is 30.3 Å². The summed E-state index contributed by atoms with van der Waals surface area (Å²) in [6.45, 7) is 4.12. The van der Waals surface area contributed by atoms with E-state index in [0.29, 0.717) is 16.8 Å². The SMILES string of the molecule is Cc1cc(C)cc(Nc2ncc(Cl)c(Nc3ccccc3)n2)c1. The molecule has 0 amide bonds. The minimum Gasteiger partial charge on any atom is -0.339 e. The van der Waals surface area contributed by atoms with Gasteiger partial charge in [0.25, 0.3) is 0 Å². The highest BCUT2D eigenvalue weighted by Gasteiger charge is 2.07. The highest BCUT2D eigenvalue weighted by Crippen LogP contribution is 2.25. The Bertz CT molecular complexity index is 798. The fourth-order valence-corrected chi connectivity index (χ4v) is 2.49. The number of nitrogens with zero attached hydrogens (tertiary/aromatic N) is 2. The van der Waals surface area contributed by atoms with Gasteiger partial charge >= 0.3 is 0 Å². The first-order chi connectivity index (χ1) is 11.1. The van der Waals surface area contributed by atoms with Crippen LogP contribution in [0, 0.1) is 13.8 Å². The molecule has 0 aliphatic carbocycles. The van der Waals surface area contributed by atoms with Crippen LogP contribution in [0.25, 0.3) is 0 Å². The molecule has 3 rings (SSSR count). The van der Waals surface area contributed by atoms with Crippen LogP contribution in [0.1, 0.15) is 11.1 Å². The molecule has 0 spiro atoms. The van der Waals surface area contributed by atoms with Crippen molar-refractivity contribution in [1.82, 2.24) is 9.97 Å². The van der Waals surface area contributed by atoms with E-state index in [0.717, 1.165) is 11.4 Å². The number of halogens is 1. The Morgan fingerprint density at radius 2 is 1.57 bits per heavy atom. The molecule has 0 saturated heterocycles. The monoisotopic (exact) mass is 324 g/mol. The number of hydrogen-bond donors (Lipinski definition) is 2. The summed E-state index contributed by atoms with van der Waals surface area (Å²) in [4.78, 5) is 8.70. The predicted molar refractivity (Wildman–Crippen MR) is 96.0 cm³/mol. The third kappa shape index (κ3) is 3.99. The summed E-state index contributed by atoms with van der Waals surface area (Å²) >= 11 is 6.18. The first kappa shape index (κ1) is 15.3. The van der Waals surface area contributed by atoms with E-state index in [4.69, 9.17) is 11.6 Å². The molecule has 0 aliphatic rings. The van der Waals surface area contributed by atoms with Gasteiger partial charge in [0.2, 0.25) is 5.95 Å². The molecule has 2 N–H and O–H groups in total. The number of rotatable bonds is 4. The third-order valence-corrected chi connectivity index (χ3v) is 3.54. The van der Waals surface area contributed by atoms with Gasteiger partial charge in [-0.15, -0.1) is 0 Å². The van der Waals surface area contributed by atoms with Gasteiger partial charge in [-0.3, -0.25) is 0 Å². The maximum atomic E-state index is 6.18. The zero-order chi connectivity index (χ0) is 16.2. The van der Waals surface area contributed by atoms with Crippen LogP contribution in [0.15, 0.2) is 54.7 Å². The van der Waals surface area contributed by atoms with Gasteiger partial charge in [0.1, 0.15) is 5.02 Å². The summed E-state index contributed by atoms with van der Waals surface area (Å²) in [6.07, 6.45) is 1.59. The minimum absolute atomic E-state index is 0.472. The molecule has 0 saturated carbocycles. The molecule has 0 atom stereocenters. The Hall–Kier alpha value is -2.59. The summed E-state index contributed by atoms with van der Waals surface area (Å²) in [5.41, 5.74) is 4.24. The van der Waals surface area contributed by atoms with Crippen LogP contribution in [-0.2, 0) is 0 Å². The quantitative estimate of drug-likeness (QED) is 0.689. The van der Waals surface area contributed by atoms with E-state index < -0.39 is 0 Å². The van der Waals surface area contributed by atoms with Crippen LogP contribution in [0.3, 0.4) is 0 Å². The van der Waals surface area contributed by atoms with Gasteiger partial charge in [0.05, 0.1) is 6.20 Å². The van der Waals surface area contributed by atoms with Crippen LogP contribution in [0.2, 0.25) is 5.02 Å². The van der Waals surface area contributed by atoms with E-state index in [1.54, 1.807) is 6.20 Å². The topological polar surface area (TPSA) is 49.8 Å². The van der Waals surface area contributed by atoms with Crippen molar-refractivity contribution in [3.63, 3.8) is 0 Å². The summed E-state index contributed by atoms with van der Waals surface area (Å²) < 4.78 is 0. The maximum Gasteiger partial charge on any atom is 0.229 e. The summed E-state index contributed by atoms with van der Waals surface area (Å²) in [7, 11) is 0. The lowest BCUT2D eigenvalue weighted by Gasteiger charge is -2.11. The standard InChI is InChI=1S/C18H17ClN4/c1-12-8-13(2)10-15(9-12)22-18-20-11-16(19)17(23-18)21-14-6-4-3-5-7-14/h3-11H,1-2H3,(H2,20,21,22,23). The molecule has 0 aliphatic heterocycles. The number of anilines is 4. The van der Waals surface area contributed by atoms with Crippen LogP contribution < -0.4 is 10.6 Å². The zero-order valence-corrected chi connectivity index (χ0v) is 13.7. The first-order valence-electron chi connectivity index (χ1n) is 7.30. The predicted octanol–water partition coefficient (Wildman–Crippen LogP) is 5.23. The number of hydrogen-bond acceptors (Lipinski definition) is 4. The number of aromatic nitrogens is 2. The smallest absolute Gasteiger partial charge is 0.229 e. The van der Waals surface area contributed by atoms with Crippen LogP contribution in [0.4, 0.5) is 23.1 Å². The number of para-hydroxylation sites is 1. The summed E-state index contributed by atoms with van der Waals surface area (Å²) in [5.74, 6) is 1.07. The highest BCUT2D eigenvalue weighted by molar-refractivity contribution is 6.32. The highest BCUT2D eigenvalue weighted by atomic mass is 35.5. The van der Waals surface area contributed by atoms with Crippen molar-refractivity contribution in [2.24, 2.45) is 0 Å². The van der Waals surface area contributed by atoms with Crippen molar-refractivity contribution in [2.75, 3.05) is 10.6 Å². The van der Waals surface area contributed by atoms with Crippen molar-refractivity contribution in [2.45, 2.75) is 13.8 Å². The molecule has 4 nitrogen and oxygen atoms in total. The van der Waals surface area contributed by atoms with Crippen molar-refractivity contribution in [3.8, 4) is 0 Å². The van der Waals surface area contributed by atoms with Crippen LogP contribution in [0.5, 0.6) is 0 Å². The van der Waals surface area contributed by atoms with Gasteiger partial charge in [0.15, 0.2) is 5.82 Å². The second-order valence-electron chi connectivity index (χ2n) is 5.38. The van der Waals surface area contributed by atoms with Crippen molar-refractivity contribution in [1.29, 1.82) is 0 Å². The van der Waals surface area contributed by atoms with Gasteiger partial charge in [-0.2, -0.15) is 4.98 Å². The Labute approximate surface area is 140 Å². The fourth-order valence-electron chi connectivity index (χ4n) is 2.35. The number of nitrogens with one attached hydrogen (secondary N) is 2. The molecule has 0 unspecified atom stereocenters. The van der Waals surface area contributed by atoms with E-state index in [2.05, 4.69) is 52.6 Å². The molecule has 0 bridgehead atoms. The molecule has 1 heterocycles. The van der Waals surface area contributed by atoms with Crippen LogP contribution in [-0.4, -0.2) is 9.97 Å². The molecule has 0 radical (unpaired) electrons. The summed E-state index contributed by atoms with van der Waals surface area (Å²) in [5, 5.41) is 6.89. The lowest BCUT2D eigenvalue weighted by molar-refractivity contribution is 1.16. The molecular weight excluding hydrogens is 308 g/mol. The molecule has 5 heteroatoms. The normalized spacial score (nSPS) is 10.4. The molecule has 2 aromatic carbocycles. The van der Waals surface area contributed by atoms with E-state index in [-0.39, 0.29) is 0 Å². The minimum atomic E-state index is 0.472. The van der Waals surface area contributed by atoms with Crippen LogP contribution >= 0.6 is 11.6 Å². The molecular formula is C18H17ClN4. The average molecular weight is 325 g/mol. The Kier molecular flexibility index (Phi) is 4.44. The van der Waals surface area contributed by atoms with E-state index in [1.165, 1.54) is 11.1 Å². The van der Waals surface area contributed by atoms with Crippen molar-refractivity contribution in [3.05, 3.63) is 70.9 Å². The first-order valence-corrected chi connectivity index (χ1v) is 7.68. The van der Waals surface area contributed by atoms with E-state index in [9.17, 15) is 0 Å². The molecule has 23 heavy (non-hydrogen) atoms. The number of benzene rings is 2. The third-order valence-electron chi connectivity index (χ3n) is 3.26. The lowest BCUT2D eigenvalue weighted by atomic mass is 10.1. The zero-order valence-electron chi connectivity index (χ0n) is 13.0. The maximum absolute atomic E-state index is 6.18. The van der Waals surface area contributed by atoms with Gasteiger partial charge in [-0.05, 0) is 49.2 Å². The Morgan fingerprint density at radius 3 is 2.26 bits per heavy atom. The lowest BCUT2D eigenvalue weighted by Crippen LogP contribution is -2.01. The second-order valence-corrected chi connectivity index (χ2v) is 5.79. The molecule has 0 fully saturated rings. The largest absolute Gasteiger partial charge is 0.339 e. The van der Waals surface area contributed by atoms with Gasteiger partial charge in [-0.1, -0.05) is 35.9 Å². The van der Waals surface area contributed by atoms with Gasteiger partial charge in [0, 0.05) is 11.4 Å². The van der Waals surface area contributed by atoms with Gasteiger partial charge < -0.3 is 10.6 Å². The van der Waals surface area contributed by atoms with Crippen molar-refractivity contribution >= 4 is 34.7 Å². The van der Waals surface area contributed by atoms with Crippen molar-refractivity contribution < 1.29 is 0 Å². The molecule has 1 aromatic heterocycles.